The minimum absolute atomic E-state index is 0.185. The lowest BCUT2D eigenvalue weighted by atomic mass is 9.93. The molecule has 0 fully saturated rings. The van der Waals surface area contributed by atoms with E-state index < -0.39 is 11.6 Å². The monoisotopic (exact) mass is 934 g/mol. The Morgan fingerprint density at radius 2 is 0.957 bits per heavy atom. The van der Waals surface area contributed by atoms with E-state index in [1.165, 1.54) is 58.2 Å². The third-order valence-corrected chi connectivity index (χ3v) is 13.2. The lowest BCUT2D eigenvalue weighted by Gasteiger charge is -2.24. The average Bonchev–Trinajstić information content (AvgIpc) is 4.20. The Morgan fingerprint density at radius 3 is 1.36 bits per heavy atom. The van der Waals surface area contributed by atoms with Gasteiger partial charge >= 0.3 is 0 Å². The minimum atomic E-state index is -0.417. The number of nitrogens with one attached hydrogen (secondary N) is 4. The number of benzene rings is 2. The highest BCUT2D eigenvalue weighted by molar-refractivity contribution is 5.66. The van der Waals surface area contributed by atoms with Crippen LogP contribution >= 0.6 is 0 Å². The molecule has 2 aliphatic rings. The fourth-order valence-electron chi connectivity index (χ4n) is 9.54. The highest BCUT2D eigenvalue weighted by atomic mass is 19.1. The molecule has 2 aliphatic carbocycles. The number of anilines is 2. The molecule has 0 bridgehead atoms. The molecular weight excluding hydrogens is 883 g/mol. The van der Waals surface area contributed by atoms with E-state index in [2.05, 4.69) is 129 Å². The Kier molecular flexibility index (Phi) is 11.9. The second-order valence-corrected chi connectivity index (χ2v) is 18.8. The second kappa shape index (κ2) is 18.7. The highest BCUT2D eigenvalue weighted by Gasteiger charge is 2.26. The van der Waals surface area contributed by atoms with E-state index in [1.54, 1.807) is 21.4 Å². The maximum Gasteiger partial charge on any atom is 0.228 e. The van der Waals surface area contributed by atoms with Crippen LogP contribution in [0.4, 0.5) is 20.7 Å². The third-order valence-electron chi connectivity index (χ3n) is 13.2. The van der Waals surface area contributed by atoms with E-state index in [9.17, 15) is 8.78 Å². The molecule has 352 valence electrons. The van der Waals surface area contributed by atoms with Gasteiger partial charge in [-0.3, -0.25) is 9.97 Å². The zero-order valence-corrected chi connectivity index (χ0v) is 39.3. The summed E-state index contributed by atoms with van der Waals surface area (Å²) in [5.41, 5.74) is 14.5. The van der Waals surface area contributed by atoms with Crippen molar-refractivity contribution >= 4 is 23.2 Å². The largest absolute Gasteiger partial charge is 0.358 e. The smallest absolute Gasteiger partial charge is 0.228 e. The van der Waals surface area contributed by atoms with Gasteiger partial charge in [-0.25, -0.2) is 18.7 Å². The highest BCUT2D eigenvalue weighted by Crippen LogP contribution is 2.33. The number of pyridine rings is 2. The maximum atomic E-state index is 13.9. The quantitative estimate of drug-likeness (QED) is 0.104. The maximum absolute atomic E-state index is 13.9. The molecular formula is C54H52F2N14. The first kappa shape index (κ1) is 44.4. The van der Waals surface area contributed by atoms with E-state index >= 15 is 0 Å². The molecule has 8 heterocycles. The molecule has 0 radical (unpaired) electrons. The molecule has 8 aromatic heterocycles. The van der Waals surface area contributed by atoms with Crippen molar-refractivity contribution in [3.05, 3.63) is 167 Å². The Morgan fingerprint density at radius 1 is 0.529 bits per heavy atom. The number of hydrogen-bond acceptors (Lipinski definition) is 10. The molecule has 2 aromatic carbocycles. The van der Waals surface area contributed by atoms with Crippen molar-refractivity contribution in [3.8, 4) is 45.3 Å². The van der Waals surface area contributed by atoms with Crippen molar-refractivity contribution < 1.29 is 8.78 Å². The predicted octanol–water partition coefficient (Wildman–Crippen LogP) is 10.8. The molecule has 0 saturated heterocycles. The van der Waals surface area contributed by atoms with E-state index in [1.807, 2.05) is 24.5 Å². The van der Waals surface area contributed by atoms with Crippen molar-refractivity contribution in [2.24, 2.45) is 0 Å². The van der Waals surface area contributed by atoms with Gasteiger partial charge in [0, 0.05) is 69.5 Å². The van der Waals surface area contributed by atoms with Crippen molar-refractivity contribution in [3.63, 3.8) is 0 Å². The van der Waals surface area contributed by atoms with Gasteiger partial charge < -0.3 is 20.6 Å². The standard InChI is InChI=1S/2C27H26FN7/c2*1-16(2)22-15-30-35-26(22)33-25(19-10-20(28)14-29-13-19)34-27(35)31-21-8-9-23-18(11-21)12-24(32-23)17-6-4-3-5-7-17/h2*3-7,10,12-16,21,32H,8-9,11H2,1-2H3,(H,31,33,34)/t2*21-/m10/s1. The summed E-state index contributed by atoms with van der Waals surface area (Å²) >= 11 is 0. The summed E-state index contributed by atoms with van der Waals surface area (Å²) in [4.78, 5) is 34.1. The van der Waals surface area contributed by atoms with Crippen LogP contribution in [-0.4, -0.2) is 71.2 Å². The first-order valence-corrected chi connectivity index (χ1v) is 23.9. The number of rotatable bonds is 10. The topological polar surface area (TPSA) is 168 Å². The predicted molar refractivity (Wildman–Crippen MR) is 267 cm³/mol. The molecule has 70 heavy (non-hydrogen) atoms. The van der Waals surface area contributed by atoms with Gasteiger partial charge in [0.05, 0.1) is 24.8 Å². The normalized spacial score (nSPS) is 15.5. The lowest BCUT2D eigenvalue weighted by Crippen LogP contribution is -2.28. The fraction of sp³-hybridized carbons (Fsp3) is 0.259. The number of aromatic nitrogens is 12. The number of H-pyrrole nitrogens is 2. The lowest BCUT2D eigenvalue weighted by molar-refractivity contribution is 0.597. The SMILES string of the molecule is CC(C)c1cnn2c(N[C@@H]3CCc4[nH]c(-c5ccccc5)cc4C3)nc(-c3cncc(F)c3)nc12.CC(C)c1cnn2c(N[C@H]3CCc4[nH]c(-c5ccccc5)cc4C3)nc(-c3cncc(F)c3)nc12. The van der Waals surface area contributed by atoms with Crippen LogP contribution < -0.4 is 10.6 Å². The van der Waals surface area contributed by atoms with Gasteiger partial charge in [-0.1, -0.05) is 88.4 Å². The van der Waals surface area contributed by atoms with Gasteiger partial charge in [-0.05, 0) is 96.9 Å². The van der Waals surface area contributed by atoms with Gasteiger partial charge in [0.1, 0.15) is 11.6 Å². The van der Waals surface area contributed by atoms with E-state index in [-0.39, 0.29) is 23.9 Å². The molecule has 4 N–H and O–H groups in total. The van der Waals surface area contributed by atoms with Crippen LogP contribution in [0, 0.1) is 11.6 Å². The Hall–Kier alpha value is -8.14. The van der Waals surface area contributed by atoms with Gasteiger partial charge in [-0.15, -0.1) is 0 Å². The van der Waals surface area contributed by atoms with Gasteiger partial charge in [0.25, 0.3) is 0 Å². The van der Waals surface area contributed by atoms with Crippen molar-refractivity contribution in [2.75, 3.05) is 10.6 Å². The second-order valence-electron chi connectivity index (χ2n) is 18.8. The van der Waals surface area contributed by atoms with E-state index in [4.69, 9.17) is 19.9 Å². The third kappa shape index (κ3) is 8.99. The van der Waals surface area contributed by atoms with Crippen LogP contribution in [0.25, 0.3) is 56.6 Å². The molecule has 12 rings (SSSR count). The summed E-state index contributed by atoms with van der Waals surface area (Å²) in [5.74, 6) is 1.71. The minimum Gasteiger partial charge on any atom is -0.358 e. The Bertz CT molecular complexity index is 3240. The molecule has 2 atom stereocenters. The molecule has 14 nitrogen and oxygen atoms in total. The van der Waals surface area contributed by atoms with Crippen molar-refractivity contribution in [1.29, 1.82) is 0 Å². The van der Waals surface area contributed by atoms with Crippen LogP contribution in [0.1, 0.15) is 86.0 Å². The average molecular weight is 935 g/mol. The van der Waals surface area contributed by atoms with Crippen LogP contribution in [0.2, 0.25) is 0 Å². The number of hydrogen-bond donors (Lipinski definition) is 4. The molecule has 0 amide bonds. The fourth-order valence-corrected chi connectivity index (χ4v) is 9.54. The van der Waals surface area contributed by atoms with E-state index in [0.717, 1.165) is 72.3 Å². The van der Waals surface area contributed by atoms with Crippen LogP contribution in [-0.2, 0) is 25.7 Å². The van der Waals surface area contributed by atoms with E-state index in [0.29, 0.717) is 34.7 Å². The van der Waals surface area contributed by atoms with Crippen LogP contribution in [0.3, 0.4) is 0 Å². The molecule has 16 heteroatoms. The number of aromatic amines is 2. The van der Waals surface area contributed by atoms with Gasteiger partial charge in [0.2, 0.25) is 11.9 Å². The summed E-state index contributed by atoms with van der Waals surface area (Å²) in [5, 5.41) is 16.4. The zero-order chi connectivity index (χ0) is 47.9. The number of aryl methyl sites for hydroxylation is 2. The molecule has 0 aliphatic heterocycles. The molecule has 0 saturated carbocycles. The molecule has 0 spiro atoms. The summed E-state index contributed by atoms with van der Waals surface area (Å²) in [7, 11) is 0. The number of halogens is 2. The Balaban J connectivity index is 0.000000152. The first-order valence-electron chi connectivity index (χ1n) is 23.9. The van der Waals surface area contributed by atoms with Crippen molar-refractivity contribution in [2.45, 2.75) is 90.1 Å². The van der Waals surface area contributed by atoms with Crippen LogP contribution in [0.5, 0.6) is 0 Å². The van der Waals surface area contributed by atoms with Gasteiger partial charge in [0.15, 0.2) is 22.9 Å². The number of fused-ring (bicyclic) bond motifs is 4. The van der Waals surface area contributed by atoms with Crippen LogP contribution in [0.15, 0.2) is 122 Å². The van der Waals surface area contributed by atoms with Crippen molar-refractivity contribution in [1.82, 2.24) is 59.1 Å². The first-order chi connectivity index (χ1) is 34.1. The molecule has 0 unspecified atom stereocenters. The zero-order valence-electron chi connectivity index (χ0n) is 39.3. The summed E-state index contributed by atoms with van der Waals surface area (Å²) < 4.78 is 31.3. The summed E-state index contributed by atoms with van der Waals surface area (Å²) in [6, 6.07) is 28.5. The van der Waals surface area contributed by atoms with Gasteiger partial charge in [-0.2, -0.15) is 29.2 Å². The summed E-state index contributed by atoms with van der Waals surface area (Å²) in [6.45, 7) is 8.42. The Labute approximate surface area is 403 Å². The summed E-state index contributed by atoms with van der Waals surface area (Å²) in [6.07, 6.45) is 14.8. The number of nitrogens with zero attached hydrogens (tertiary/aromatic N) is 10. The molecule has 10 aromatic rings.